The highest BCUT2D eigenvalue weighted by Gasteiger charge is 2.21. The number of thioether (sulfide) groups is 1. The van der Waals surface area contributed by atoms with Crippen molar-refractivity contribution in [1.82, 2.24) is 9.29 Å². The van der Waals surface area contributed by atoms with E-state index in [0.717, 1.165) is 16.4 Å². The van der Waals surface area contributed by atoms with Crippen LogP contribution in [0.15, 0.2) is 40.4 Å². The minimum atomic E-state index is -3.41. The summed E-state index contributed by atoms with van der Waals surface area (Å²) in [6.07, 6.45) is 1.43. The minimum absolute atomic E-state index is 0.246. The van der Waals surface area contributed by atoms with Gasteiger partial charge in [-0.05, 0) is 19.1 Å². The molecule has 0 amide bonds. The molecule has 1 aromatic rings. The molecular formula is C13H20N2O2S2. The van der Waals surface area contributed by atoms with Gasteiger partial charge < -0.3 is 0 Å². The van der Waals surface area contributed by atoms with Crippen LogP contribution in [0.3, 0.4) is 0 Å². The van der Waals surface area contributed by atoms with Crippen LogP contribution >= 0.6 is 11.8 Å². The monoisotopic (exact) mass is 300 g/mol. The number of hydrogen-bond donors (Lipinski definition) is 0. The van der Waals surface area contributed by atoms with Crippen LogP contribution in [0.5, 0.6) is 0 Å². The molecule has 0 aliphatic rings. The Balaban J connectivity index is 2.89. The minimum Gasteiger partial charge on any atom is -0.249 e. The maximum Gasteiger partial charge on any atom is 0.244 e. The summed E-state index contributed by atoms with van der Waals surface area (Å²) in [5, 5.41) is 0.807. The fraction of sp³-hybridized carbons (Fsp3) is 0.462. The second-order valence-corrected chi connectivity index (χ2v) is 7.10. The molecule has 0 saturated heterocycles. The van der Waals surface area contributed by atoms with Gasteiger partial charge in [0, 0.05) is 25.0 Å². The van der Waals surface area contributed by atoms with Gasteiger partial charge in [-0.2, -0.15) is 4.31 Å². The topological polar surface area (TPSA) is 50.3 Å². The zero-order chi connectivity index (χ0) is 14.5. The van der Waals surface area contributed by atoms with E-state index < -0.39 is 10.0 Å². The molecule has 1 heterocycles. The smallest absolute Gasteiger partial charge is 0.244 e. The summed E-state index contributed by atoms with van der Waals surface area (Å²) in [6.45, 7) is 10.3. The van der Waals surface area contributed by atoms with Crippen LogP contribution in [0.1, 0.15) is 20.8 Å². The Hall–Kier alpha value is -0.850. The first-order valence-electron chi connectivity index (χ1n) is 6.15. The second kappa shape index (κ2) is 7.07. The van der Waals surface area contributed by atoms with Crippen molar-refractivity contribution < 1.29 is 8.42 Å². The number of rotatable bonds is 7. The molecule has 0 N–H and O–H groups in total. The fourth-order valence-electron chi connectivity index (χ4n) is 1.51. The van der Waals surface area contributed by atoms with E-state index in [-0.39, 0.29) is 4.90 Å². The summed E-state index contributed by atoms with van der Waals surface area (Å²) in [7, 11) is -3.41. The Morgan fingerprint density at radius 2 is 2.00 bits per heavy atom. The standard InChI is InChI=1S/C13H20N2O2S2/c1-5-15(6-2)19(16,17)12-7-8-13(14-9-12)18-10-11(3)4/h7-9H,3,5-6,10H2,1-2,4H3. The third-order valence-corrected chi connectivity index (χ3v) is 5.73. The van der Waals surface area contributed by atoms with Crippen LogP contribution in [-0.2, 0) is 10.0 Å². The maximum absolute atomic E-state index is 12.2. The Morgan fingerprint density at radius 3 is 2.42 bits per heavy atom. The average Bonchev–Trinajstić information content (AvgIpc) is 2.38. The van der Waals surface area contributed by atoms with E-state index in [9.17, 15) is 8.42 Å². The van der Waals surface area contributed by atoms with Crippen LogP contribution in [0, 0.1) is 0 Å². The maximum atomic E-state index is 12.2. The van der Waals surface area contributed by atoms with Crippen LogP contribution in [-0.4, -0.2) is 36.5 Å². The lowest BCUT2D eigenvalue weighted by atomic mass is 10.4. The van der Waals surface area contributed by atoms with Gasteiger partial charge in [0.25, 0.3) is 0 Å². The summed E-state index contributed by atoms with van der Waals surface area (Å²) >= 11 is 1.55. The van der Waals surface area contributed by atoms with Crippen LogP contribution in [0.2, 0.25) is 0 Å². The number of aromatic nitrogens is 1. The predicted octanol–water partition coefficient (Wildman–Crippen LogP) is 2.78. The SMILES string of the molecule is C=C(C)CSc1ccc(S(=O)(=O)N(CC)CC)cn1. The van der Waals surface area contributed by atoms with E-state index >= 15 is 0 Å². The van der Waals surface area contributed by atoms with Crippen molar-refractivity contribution >= 4 is 21.8 Å². The third-order valence-electron chi connectivity index (χ3n) is 2.52. The van der Waals surface area contributed by atoms with Gasteiger partial charge in [0.05, 0.1) is 5.03 Å². The molecule has 0 aliphatic carbocycles. The number of pyridine rings is 1. The summed E-state index contributed by atoms with van der Waals surface area (Å²) in [5.41, 5.74) is 1.06. The molecule has 106 valence electrons. The number of sulfonamides is 1. The van der Waals surface area contributed by atoms with Crippen LogP contribution in [0.25, 0.3) is 0 Å². The zero-order valence-electron chi connectivity index (χ0n) is 11.6. The Labute approximate surface area is 120 Å². The van der Waals surface area contributed by atoms with Crippen molar-refractivity contribution in [3.05, 3.63) is 30.5 Å². The second-order valence-electron chi connectivity index (χ2n) is 4.17. The number of hydrogen-bond acceptors (Lipinski definition) is 4. The van der Waals surface area contributed by atoms with Crippen molar-refractivity contribution in [2.45, 2.75) is 30.7 Å². The lowest BCUT2D eigenvalue weighted by Gasteiger charge is -2.18. The summed E-state index contributed by atoms with van der Waals surface area (Å²) in [5.74, 6) is 0.787. The van der Waals surface area contributed by atoms with Gasteiger partial charge in [-0.15, -0.1) is 11.8 Å². The van der Waals surface area contributed by atoms with Gasteiger partial charge in [0.2, 0.25) is 10.0 Å². The number of nitrogens with zero attached hydrogens (tertiary/aromatic N) is 2. The van der Waals surface area contributed by atoms with E-state index in [4.69, 9.17) is 0 Å². The normalized spacial score (nSPS) is 11.8. The molecule has 0 aromatic carbocycles. The highest BCUT2D eigenvalue weighted by Crippen LogP contribution is 2.20. The highest BCUT2D eigenvalue weighted by atomic mass is 32.2. The van der Waals surface area contributed by atoms with Crippen molar-refractivity contribution in [3.8, 4) is 0 Å². The molecule has 0 aliphatic heterocycles. The van der Waals surface area contributed by atoms with Gasteiger partial charge in [0.15, 0.2) is 0 Å². The summed E-state index contributed by atoms with van der Waals surface area (Å²) < 4.78 is 25.9. The molecule has 1 rings (SSSR count). The lowest BCUT2D eigenvalue weighted by molar-refractivity contribution is 0.445. The molecular weight excluding hydrogens is 280 g/mol. The molecule has 1 aromatic heterocycles. The average molecular weight is 300 g/mol. The van der Waals surface area contributed by atoms with Gasteiger partial charge in [-0.1, -0.05) is 26.0 Å². The van der Waals surface area contributed by atoms with E-state index in [1.54, 1.807) is 23.9 Å². The van der Waals surface area contributed by atoms with Crippen molar-refractivity contribution in [2.75, 3.05) is 18.8 Å². The van der Waals surface area contributed by atoms with Crippen LogP contribution in [0.4, 0.5) is 0 Å². The summed E-state index contributed by atoms with van der Waals surface area (Å²) in [4.78, 5) is 4.43. The van der Waals surface area contributed by atoms with Gasteiger partial charge in [0.1, 0.15) is 4.90 Å². The van der Waals surface area contributed by atoms with Gasteiger partial charge >= 0.3 is 0 Å². The lowest BCUT2D eigenvalue weighted by Crippen LogP contribution is -2.30. The molecule has 4 nitrogen and oxygen atoms in total. The summed E-state index contributed by atoms with van der Waals surface area (Å²) in [6, 6.07) is 3.35. The molecule has 0 saturated carbocycles. The highest BCUT2D eigenvalue weighted by molar-refractivity contribution is 7.99. The predicted molar refractivity (Wildman–Crippen MR) is 79.9 cm³/mol. The van der Waals surface area contributed by atoms with E-state index in [1.165, 1.54) is 10.5 Å². The Kier molecular flexibility index (Phi) is 6.03. The molecule has 19 heavy (non-hydrogen) atoms. The van der Waals surface area contributed by atoms with Gasteiger partial charge in [-0.3, -0.25) is 0 Å². The van der Waals surface area contributed by atoms with Crippen molar-refractivity contribution in [1.29, 1.82) is 0 Å². The van der Waals surface area contributed by atoms with E-state index in [2.05, 4.69) is 11.6 Å². The molecule has 0 fully saturated rings. The molecule has 0 unspecified atom stereocenters. The van der Waals surface area contributed by atoms with E-state index in [0.29, 0.717) is 13.1 Å². The van der Waals surface area contributed by atoms with Gasteiger partial charge in [-0.25, -0.2) is 13.4 Å². The Bertz CT molecular complexity index is 520. The quantitative estimate of drug-likeness (QED) is 0.574. The Morgan fingerprint density at radius 1 is 1.37 bits per heavy atom. The first-order chi connectivity index (χ1) is 8.91. The van der Waals surface area contributed by atoms with Crippen LogP contribution < -0.4 is 0 Å². The first-order valence-corrected chi connectivity index (χ1v) is 8.57. The zero-order valence-corrected chi connectivity index (χ0v) is 13.2. The fourth-order valence-corrected chi connectivity index (χ4v) is 3.60. The first kappa shape index (κ1) is 16.2. The molecule has 0 radical (unpaired) electrons. The largest absolute Gasteiger partial charge is 0.249 e. The molecule has 0 atom stereocenters. The molecule has 6 heteroatoms. The third kappa shape index (κ3) is 4.33. The molecule has 0 bridgehead atoms. The van der Waals surface area contributed by atoms with Crippen molar-refractivity contribution in [2.24, 2.45) is 0 Å². The van der Waals surface area contributed by atoms with E-state index in [1.807, 2.05) is 20.8 Å². The molecule has 0 spiro atoms. The van der Waals surface area contributed by atoms with Crippen molar-refractivity contribution in [3.63, 3.8) is 0 Å².